The van der Waals surface area contributed by atoms with Crippen molar-refractivity contribution in [2.24, 2.45) is 28.6 Å². The Morgan fingerprint density at radius 1 is 1.04 bits per heavy atom. The van der Waals surface area contributed by atoms with Crippen LogP contribution in [-0.4, -0.2) is 67.2 Å². The summed E-state index contributed by atoms with van der Waals surface area (Å²) in [7, 11) is -3.93. The van der Waals surface area contributed by atoms with Crippen molar-refractivity contribution in [1.29, 1.82) is 0 Å². The lowest BCUT2D eigenvalue weighted by Gasteiger charge is -2.63. The van der Waals surface area contributed by atoms with Crippen molar-refractivity contribution in [3.05, 3.63) is 23.8 Å². The van der Waals surface area contributed by atoms with Gasteiger partial charge in [0, 0.05) is 41.0 Å². The zero-order chi connectivity index (χ0) is 34.1. The highest BCUT2D eigenvalue weighted by Crippen LogP contribution is 2.72. The summed E-state index contributed by atoms with van der Waals surface area (Å²) in [6.07, 6.45) is 7.34. The Balaban J connectivity index is 1.46. The van der Waals surface area contributed by atoms with Crippen LogP contribution < -0.4 is 0 Å². The van der Waals surface area contributed by atoms with Gasteiger partial charge in [0.25, 0.3) is 0 Å². The molecule has 0 aromatic rings. The molecule has 3 fully saturated rings. The Kier molecular flexibility index (Phi) is 11.6. The van der Waals surface area contributed by atoms with Crippen molar-refractivity contribution in [3.63, 3.8) is 0 Å². The van der Waals surface area contributed by atoms with Crippen molar-refractivity contribution in [2.75, 3.05) is 11.9 Å². The van der Waals surface area contributed by atoms with Crippen molar-refractivity contribution in [2.45, 2.75) is 128 Å². The van der Waals surface area contributed by atoms with Gasteiger partial charge in [-0.3, -0.25) is 18.9 Å². The first-order valence-corrected chi connectivity index (χ1v) is 19.7. The normalized spacial score (nSPS) is 38.5. The fraction of sp³-hybridized carbons (Fsp3) is 0.794. The number of ether oxygens (including phenoxy) is 1. The number of aliphatic hydroxyl groups is 1. The Morgan fingerprint density at radius 3 is 2.26 bits per heavy atom. The highest BCUT2D eigenvalue weighted by molar-refractivity contribution is 8.13. The maximum atomic E-state index is 17.6. The van der Waals surface area contributed by atoms with Gasteiger partial charge in [-0.1, -0.05) is 77.1 Å². The van der Waals surface area contributed by atoms with Crippen LogP contribution in [0.25, 0.3) is 0 Å². The summed E-state index contributed by atoms with van der Waals surface area (Å²) in [5.41, 5.74) is -6.50. The standard InChI is InChI=1S/C34H51F2O8PS/c1-5-29(39)44-34(30(40)46-17-13-11-9-7-6-8-10-12-16-45(41,42)43)22(2)18-24-25-20-27(35)26-19-23(37)14-15-31(26,3)33(25,36)28(38)21-32(24,34)4/h14-15,19,22,24-25,27-28,38H,5-13,16-18,20-21H2,1-4H3,(H2,41,42,43)/t22-,24-,25-,27-,28-,31-,32-,33+,34+/m1/s1. The number of halogens is 2. The lowest BCUT2D eigenvalue weighted by Crippen LogP contribution is -2.70. The third-order valence-electron chi connectivity index (χ3n) is 11.6. The van der Waals surface area contributed by atoms with Crippen LogP contribution in [0.2, 0.25) is 0 Å². The minimum absolute atomic E-state index is 0.0441. The molecule has 3 N–H and O–H groups in total. The first-order valence-electron chi connectivity index (χ1n) is 16.9. The molecule has 0 aliphatic heterocycles. The molecular weight excluding hydrogens is 637 g/mol. The summed E-state index contributed by atoms with van der Waals surface area (Å²) in [5.74, 6) is -2.44. The van der Waals surface area contributed by atoms with E-state index in [1.165, 1.54) is 12.2 Å². The Bertz CT molecular complexity index is 1290. The highest BCUT2D eigenvalue weighted by Gasteiger charge is 2.78. The lowest BCUT2D eigenvalue weighted by molar-refractivity contribution is -0.228. The van der Waals surface area contributed by atoms with Crippen molar-refractivity contribution in [1.82, 2.24) is 0 Å². The third kappa shape index (κ3) is 6.61. The van der Waals surface area contributed by atoms with Gasteiger partial charge >= 0.3 is 13.6 Å². The Labute approximate surface area is 275 Å². The zero-order valence-electron chi connectivity index (χ0n) is 27.5. The Morgan fingerprint density at radius 2 is 1.65 bits per heavy atom. The van der Waals surface area contributed by atoms with Crippen molar-refractivity contribution in [3.8, 4) is 0 Å². The van der Waals surface area contributed by atoms with Crippen LogP contribution in [0.3, 0.4) is 0 Å². The van der Waals surface area contributed by atoms with Gasteiger partial charge in [0.2, 0.25) is 5.12 Å². The minimum atomic E-state index is -3.93. The average molecular weight is 689 g/mol. The molecule has 0 aromatic heterocycles. The number of allylic oxidation sites excluding steroid dienone is 4. The number of rotatable bonds is 14. The van der Waals surface area contributed by atoms with Crippen LogP contribution >= 0.6 is 19.4 Å². The maximum Gasteiger partial charge on any atom is 0.325 e. The largest absolute Gasteiger partial charge is 0.449 e. The molecule has 4 aliphatic carbocycles. The fourth-order valence-corrected chi connectivity index (χ4v) is 11.1. The smallest absolute Gasteiger partial charge is 0.325 e. The topological polar surface area (TPSA) is 138 Å². The number of thioether (sulfide) groups is 1. The summed E-state index contributed by atoms with van der Waals surface area (Å²) < 4.78 is 50.5. The molecule has 9 atom stereocenters. The summed E-state index contributed by atoms with van der Waals surface area (Å²) >= 11 is 1.11. The summed E-state index contributed by atoms with van der Waals surface area (Å²) in [5, 5.41) is 11.4. The van der Waals surface area contributed by atoms with Gasteiger partial charge in [-0.15, -0.1) is 0 Å². The second-order valence-electron chi connectivity index (χ2n) is 14.4. The predicted molar refractivity (Wildman–Crippen MR) is 174 cm³/mol. The number of alkyl halides is 2. The minimum Gasteiger partial charge on any atom is -0.449 e. The van der Waals surface area contributed by atoms with Crippen LogP contribution in [-0.2, 0) is 23.7 Å². The van der Waals surface area contributed by atoms with Crippen molar-refractivity contribution >= 4 is 36.2 Å². The molecular formula is C34H51F2O8PS. The SMILES string of the molecule is CCC(=O)O[C@]1(C(=O)SCCCCCCCCCCP(=O)(O)O)[C@H](C)C[C@@H]2[C@H]3C[C@@H](F)C4=CC(=O)C=C[C@@]4(C)[C@@]3(F)[C@H](O)C[C@]21C. The van der Waals surface area contributed by atoms with E-state index in [1.54, 1.807) is 20.8 Å². The molecule has 0 radical (unpaired) electrons. The van der Waals surface area contributed by atoms with Crippen LogP contribution in [0.1, 0.15) is 105 Å². The molecule has 0 aromatic carbocycles. The van der Waals surface area contributed by atoms with E-state index in [9.17, 15) is 24.1 Å². The summed E-state index contributed by atoms with van der Waals surface area (Å²) in [6.45, 7) is 6.82. The van der Waals surface area contributed by atoms with Gasteiger partial charge in [-0.25, -0.2) is 8.78 Å². The molecule has 12 heteroatoms. The van der Waals surface area contributed by atoms with Crippen LogP contribution in [0.4, 0.5) is 8.78 Å². The number of aliphatic hydroxyl groups excluding tert-OH is 1. The van der Waals surface area contributed by atoms with E-state index >= 15 is 8.78 Å². The first-order chi connectivity index (χ1) is 21.5. The van der Waals surface area contributed by atoms with Crippen LogP contribution in [0.15, 0.2) is 23.8 Å². The average Bonchev–Trinajstić information content (AvgIpc) is 3.19. The quantitative estimate of drug-likeness (QED) is 0.102. The maximum absolute atomic E-state index is 17.6. The van der Waals surface area contributed by atoms with Gasteiger partial charge < -0.3 is 19.6 Å². The number of esters is 1. The molecule has 260 valence electrons. The molecule has 0 bridgehead atoms. The summed E-state index contributed by atoms with van der Waals surface area (Å²) in [4.78, 5) is 57.2. The Hall–Kier alpha value is -1.39. The van der Waals surface area contributed by atoms with E-state index in [2.05, 4.69) is 0 Å². The van der Waals surface area contributed by atoms with E-state index in [0.29, 0.717) is 18.6 Å². The van der Waals surface area contributed by atoms with E-state index in [-0.39, 0.29) is 36.1 Å². The molecule has 3 saturated carbocycles. The molecule has 0 spiro atoms. The molecule has 4 rings (SSSR count). The molecule has 8 nitrogen and oxygen atoms in total. The van der Waals surface area contributed by atoms with E-state index in [4.69, 9.17) is 14.5 Å². The van der Waals surface area contributed by atoms with E-state index in [0.717, 1.165) is 62.8 Å². The molecule has 0 amide bonds. The molecule has 46 heavy (non-hydrogen) atoms. The summed E-state index contributed by atoms with van der Waals surface area (Å²) in [6, 6.07) is 0. The molecule has 0 saturated heterocycles. The van der Waals surface area contributed by atoms with E-state index < -0.39 is 71.5 Å². The van der Waals surface area contributed by atoms with E-state index in [1.807, 2.05) is 6.92 Å². The van der Waals surface area contributed by atoms with Gasteiger partial charge in [-0.2, -0.15) is 0 Å². The molecule has 0 unspecified atom stereocenters. The van der Waals surface area contributed by atoms with Crippen LogP contribution in [0, 0.1) is 28.6 Å². The predicted octanol–water partition coefficient (Wildman–Crippen LogP) is 6.80. The fourth-order valence-electron chi connectivity index (χ4n) is 9.22. The zero-order valence-corrected chi connectivity index (χ0v) is 29.2. The number of hydrogen-bond donors (Lipinski definition) is 3. The van der Waals surface area contributed by atoms with Gasteiger partial charge in [0.05, 0.1) is 6.10 Å². The number of ketones is 1. The number of carbonyl (C=O) groups excluding carboxylic acids is 3. The second kappa shape index (κ2) is 14.2. The monoisotopic (exact) mass is 688 g/mol. The van der Waals surface area contributed by atoms with Gasteiger partial charge in [-0.05, 0) is 62.7 Å². The number of fused-ring (bicyclic) bond motifs is 5. The third-order valence-corrected chi connectivity index (χ3v) is 13.6. The lowest BCUT2D eigenvalue weighted by atomic mass is 9.44. The number of carbonyl (C=O) groups is 3. The second-order valence-corrected chi connectivity index (χ2v) is 17.3. The highest BCUT2D eigenvalue weighted by atomic mass is 32.2. The number of hydrogen-bond acceptors (Lipinski definition) is 7. The number of unbranched alkanes of at least 4 members (excludes halogenated alkanes) is 7. The van der Waals surface area contributed by atoms with Gasteiger partial charge in [0.15, 0.2) is 17.1 Å². The molecule has 0 heterocycles. The van der Waals surface area contributed by atoms with Crippen molar-refractivity contribution < 1.29 is 47.4 Å². The first kappa shape index (κ1) is 37.4. The molecule has 4 aliphatic rings. The van der Waals surface area contributed by atoms with Gasteiger partial charge in [0.1, 0.15) is 6.17 Å². The van der Waals surface area contributed by atoms with Crippen LogP contribution in [0.5, 0.6) is 0 Å².